The first-order chi connectivity index (χ1) is 16.2. The van der Waals surface area contributed by atoms with E-state index in [-0.39, 0.29) is 5.95 Å². The van der Waals surface area contributed by atoms with Gasteiger partial charge in [0.25, 0.3) is 5.95 Å². The molecule has 8 nitrogen and oxygen atoms in total. The van der Waals surface area contributed by atoms with Gasteiger partial charge >= 0.3 is 0 Å². The van der Waals surface area contributed by atoms with E-state index in [4.69, 9.17) is 21.1 Å². The molecule has 5 rings (SSSR count). The predicted octanol–water partition coefficient (Wildman–Crippen LogP) is 5.19. The Morgan fingerprint density at radius 1 is 1.03 bits per heavy atom. The minimum atomic E-state index is 0.289. The van der Waals surface area contributed by atoms with Gasteiger partial charge in [-0.2, -0.15) is 10.1 Å². The van der Waals surface area contributed by atoms with E-state index in [1.165, 1.54) is 0 Å². The van der Waals surface area contributed by atoms with Crippen LogP contribution in [-0.2, 0) is 6.61 Å². The molecule has 164 valence electrons. The zero-order valence-electron chi connectivity index (χ0n) is 17.6. The van der Waals surface area contributed by atoms with E-state index in [1.54, 1.807) is 13.3 Å². The number of para-hydroxylation sites is 1. The quantitative estimate of drug-likeness (QED) is 0.257. The summed E-state index contributed by atoms with van der Waals surface area (Å²) in [5.41, 5.74) is 6.84. The standard InChI is InChI=1S/C24H19ClN6O2/c1-32-21-12-15(10-11-20(21)33-14-16-6-2-4-8-18(16)25)13-26-30-24-28-23-22(29-31-24)17-7-3-5-9-19(17)27-23/h2-13H,14H2,1H3,(H2,27,28,30,31)/b26-13+. The summed E-state index contributed by atoms with van der Waals surface area (Å²) in [6.45, 7) is 0.339. The van der Waals surface area contributed by atoms with E-state index in [0.717, 1.165) is 27.5 Å². The molecule has 2 aromatic heterocycles. The van der Waals surface area contributed by atoms with Gasteiger partial charge in [0.1, 0.15) is 12.1 Å². The monoisotopic (exact) mass is 458 g/mol. The average molecular weight is 459 g/mol. The Labute approximate surface area is 194 Å². The molecule has 0 bridgehead atoms. The number of methoxy groups -OCH3 is 1. The second-order valence-electron chi connectivity index (χ2n) is 7.16. The van der Waals surface area contributed by atoms with Crippen LogP contribution in [0, 0.1) is 0 Å². The highest BCUT2D eigenvalue weighted by Gasteiger charge is 2.09. The fourth-order valence-electron chi connectivity index (χ4n) is 3.39. The first kappa shape index (κ1) is 20.7. The van der Waals surface area contributed by atoms with Crippen molar-refractivity contribution in [3.05, 3.63) is 82.9 Å². The lowest BCUT2D eigenvalue weighted by Crippen LogP contribution is -2.00. The highest BCUT2D eigenvalue weighted by molar-refractivity contribution is 6.31. The Bertz CT molecular complexity index is 1470. The third-order valence-corrected chi connectivity index (χ3v) is 5.40. The van der Waals surface area contributed by atoms with Crippen molar-refractivity contribution in [1.82, 2.24) is 20.2 Å². The number of nitrogens with one attached hydrogen (secondary N) is 2. The van der Waals surface area contributed by atoms with Gasteiger partial charge in [-0.05, 0) is 35.9 Å². The molecule has 0 spiro atoms. The van der Waals surface area contributed by atoms with E-state index in [1.807, 2.05) is 66.7 Å². The van der Waals surface area contributed by atoms with Crippen molar-refractivity contribution in [2.75, 3.05) is 12.5 Å². The first-order valence-corrected chi connectivity index (χ1v) is 10.5. The Kier molecular flexibility index (Phi) is 5.73. The van der Waals surface area contributed by atoms with Crippen LogP contribution in [0.25, 0.3) is 22.1 Å². The van der Waals surface area contributed by atoms with E-state index in [0.29, 0.717) is 28.8 Å². The maximum Gasteiger partial charge on any atom is 0.265 e. The van der Waals surface area contributed by atoms with Gasteiger partial charge in [0.2, 0.25) is 0 Å². The molecule has 0 amide bonds. The maximum atomic E-state index is 6.20. The summed E-state index contributed by atoms with van der Waals surface area (Å²) in [5.74, 6) is 1.49. The average Bonchev–Trinajstić information content (AvgIpc) is 3.22. The fourth-order valence-corrected chi connectivity index (χ4v) is 3.58. The number of hydrogen-bond acceptors (Lipinski definition) is 7. The number of hydrazone groups is 1. The third-order valence-electron chi connectivity index (χ3n) is 5.03. The lowest BCUT2D eigenvalue weighted by atomic mass is 10.2. The molecule has 0 aliphatic carbocycles. The molecular weight excluding hydrogens is 440 g/mol. The smallest absolute Gasteiger partial charge is 0.265 e. The maximum absolute atomic E-state index is 6.20. The Morgan fingerprint density at radius 3 is 2.76 bits per heavy atom. The second-order valence-corrected chi connectivity index (χ2v) is 7.57. The molecule has 0 atom stereocenters. The molecule has 0 unspecified atom stereocenters. The number of fused-ring (bicyclic) bond motifs is 3. The van der Waals surface area contributed by atoms with Crippen molar-refractivity contribution in [3.8, 4) is 11.5 Å². The van der Waals surface area contributed by atoms with E-state index < -0.39 is 0 Å². The van der Waals surface area contributed by atoms with Crippen molar-refractivity contribution < 1.29 is 9.47 Å². The summed E-state index contributed by atoms with van der Waals surface area (Å²) in [6, 6.07) is 20.9. The second kappa shape index (κ2) is 9.13. The summed E-state index contributed by atoms with van der Waals surface area (Å²) in [7, 11) is 1.59. The number of nitrogens with zero attached hydrogens (tertiary/aromatic N) is 4. The minimum absolute atomic E-state index is 0.289. The van der Waals surface area contributed by atoms with Gasteiger partial charge in [0.15, 0.2) is 17.1 Å². The summed E-state index contributed by atoms with van der Waals surface area (Å²) >= 11 is 6.20. The normalized spacial score (nSPS) is 11.3. The molecule has 33 heavy (non-hydrogen) atoms. The summed E-state index contributed by atoms with van der Waals surface area (Å²) in [6.07, 6.45) is 1.64. The lowest BCUT2D eigenvalue weighted by molar-refractivity contribution is 0.284. The van der Waals surface area contributed by atoms with Gasteiger partial charge in [0, 0.05) is 21.5 Å². The molecule has 2 heterocycles. The van der Waals surface area contributed by atoms with Crippen LogP contribution in [-0.4, -0.2) is 33.5 Å². The Balaban J connectivity index is 1.28. The van der Waals surface area contributed by atoms with E-state index in [2.05, 4.69) is 30.7 Å². The highest BCUT2D eigenvalue weighted by atomic mass is 35.5. The van der Waals surface area contributed by atoms with Crippen LogP contribution in [0.1, 0.15) is 11.1 Å². The van der Waals surface area contributed by atoms with Crippen LogP contribution in [0.5, 0.6) is 11.5 Å². The largest absolute Gasteiger partial charge is 0.493 e. The molecule has 5 aromatic rings. The van der Waals surface area contributed by atoms with E-state index in [9.17, 15) is 0 Å². The third kappa shape index (κ3) is 4.42. The topological polar surface area (TPSA) is 97.3 Å². The van der Waals surface area contributed by atoms with Crippen LogP contribution >= 0.6 is 11.6 Å². The predicted molar refractivity (Wildman–Crippen MR) is 129 cm³/mol. The number of halogens is 1. The number of H-pyrrole nitrogens is 1. The molecule has 0 aliphatic rings. The summed E-state index contributed by atoms with van der Waals surface area (Å²) in [4.78, 5) is 7.67. The number of hydrogen-bond donors (Lipinski definition) is 2. The number of ether oxygens (including phenoxy) is 2. The Morgan fingerprint density at radius 2 is 1.88 bits per heavy atom. The molecular formula is C24H19ClN6O2. The number of rotatable bonds is 7. The van der Waals surface area contributed by atoms with Gasteiger partial charge in [-0.3, -0.25) is 0 Å². The molecule has 0 radical (unpaired) electrons. The molecule has 0 saturated carbocycles. The zero-order chi connectivity index (χ0) is 22.6. The highest BCUT2D eigenvalue weighted by Crippen LogP contribution is 2.29. The van der Waals surface area contributed by atoms with Gasteiger partial charge < -0.3 is 14.5 Å². The summed E-state index contributed by atoms with van der Waals surface area (Å²) < 4.78 is 11.4. The molecule has 0 aliphatic heterocycles. The van der Waals surface area contributed by atoms with Crippen LogP contribution in [0.4, 0.5) is 5.95 Å². The van der Waals surface area contributed by atoms with Crippen LogP contribution < -0.4 is 14.9 Å². The lowest BCUT2D eigenvalue weighted by Gasteiger charge is -2.12. The van der Waals surface area contributed by atoms with Crippen molar-refractivity contribution in [2.45, 2.75) is 6.61 Å². The summed E-state index contributed by atoms with van der Waals surface area (Å²) in [5, 5.41) is 14.2. The number of anilines is 1. The molecule has 0 saturated heterocycles. The number of aromatic nitrogens is 4. The SMILES string of the molecule is COc1cc(/C=N/Nc2nnc3c(n2)[nH]c2ccccc23)ccc1OCc1ccccc1Cl. The molecule has 3 aromatic carbocycles. The zero-order valence-corrected chi connectivity index (χ0v) is 18.4. The minimum Gasteiger partial charge on any atom is -0.493 e. The van der Waals surface area contributed by atoms with Gasteiger partial charge in [-0.25, -0.2) is 5.43 Å². The van der Waals surface area contributed by atoms with Gasteiger partial charge in [-0.1, -0.05) is 48.0 Å². The first-order valence-electron chi connectivity index (χ1n) is 10.2. The molecule has 0 fully saturated rings. The Hall–Kier alpha value is -4.17. The van der Waals surface area contributed by atoms with Crippen LogP contribution in [0.2, 0.25) is 5.02 Å². The van der Waals surface area contributed by atoms with Gasteiger partial charge in [0.05, 0.1) is 13.3 Å². The van der Waals surface area contributed by atoms with Crippen molar-refractivity contribution in [3.63, 3.8) is 0 Å². The fraction of sp³-hybridized carbons (Fsp3) is 0.0833. The van der Waals surface area contributed by atoms with Crippen molar-refractivity contribution in [2.24, 2.45) is 5.10 Å². The van der Waals surface area contributed by atoms with Crippen molar-refractivity contribution in [1.29, 1.82) is 0 Å². The number of aromatic amines is 1. The van der Waals surface area contributed by atoms with Crippen LogP contribution in [0.3, 0.4) is 0 Å². The molecule has 2 N–H and O–H groups in total. The number of benzene rings is 3. The molecule has 9 heteroatoms. The van der Waals surface area contributed by atoms with Gasteiger partial charge in [-0.15, -0.1) is 10.2 Å². The van der Waals surface area contributed by atoms with E-state index >= 15 is 0 Å². The van der Waals surface area contributed by atoms with Crippen LogP contribution in [0.15, 0.2) is 71.8 Å². The van der Waals surface area contributed by atoms with Crippen molar-refractivity contribution >= 4 is 45.8 Å².